The maximum Gasteiger partial charge on any atom is 0.423 e. The number of hydrogen-bond acceptors (Lipinski definition) is 8. The maximum atomic E-state index is 14.2. The number of halogens is 2. The van der Waals surface area contributed by atoms with Crippen molar-refractivity contribution in [2.75, 3.05) is 12.0 Å². The monoisotopic (exact) mass is 570 g/mol. The van der Waals surface area contributed by atoms with Crippen molar-refractivity contribution in [3.8, 4) is 0 Å². The average Bonchev–Trinajstić information content (AvgIpc) is 3.56. The van der Waals surface area contributed by atoms with Crippen LogP contribution in [0.15, 0.2) is 46.4 Å². The molecule has 6 atom stereocenters. The first-order valence-corrected chi connectivity index (χ1v) is 13.1. The van der Waals surface area contributed by atoms with Crippen molar-refractivity contribution in [3.05, 3.63) is 64.3 Å². The molecule has 0 radical (unpaired) electrons. The summed E-state index contributed by atoms with van der Waals surface area (Å²) in [6.45, 7) is 1.26. The van der Waals surface area contributed by atoms with E-state index in [9.17, 15) is 33.5 Å². The minimum atomic E-state index is -1.38. The number of carbonyl (C=O) groups excluding carboxylic acids is 5. The molecule has 12 heteroatoms. The van der Waals surface area contributed by atoms with Gasteiger partial charge in [0.25, 0.3) is 0 Å². The van der Waals surface area contributed by atoms with E-state index in [2.05, 4.69) is 4.74 Å². The molecule has 1 saturated carbocycles. The summed E-state index contributed by atoms with van der Waals surface area (Å²) in [5.74, 6) is -6.85. The molecule has 2 aliphatic heterocycles. The number of ether oxygens (including phenoxy) is 1. The molecule has 3 fully saturated rings. The van der Waals surface area contributed by atoms with Gasteiger partial charge in [0.15, 0.2) is 0 Å². The van der Waals surface area contributed by atoms with Gasteiger partial charge in [0, 0.05) is 0 Å². The summed E-state index contributed by atoms with van der Waals surface area (Å²) >= 11 is 5.98. The van der Waals surface area contributed by atoms with Crippen LogP contribution in [0, 0.1) is 34.9 Å². The molecule has 6 rings (SSSR count). The molecule has 10 nitrogen and oxygen atoms in total. The van der Waals surface area contributed by atoms with Gasteiger partial charge < -0.3 is 14.3 Å². The maximum absolute atomic E-state index is 14.2. The second-order valence-corrected chi connectivity index (χ2v) is 11.1. The van der Waals surface area contributed by atoms with Gasteiger partial charge in [0.1, 0.15) is 23.9 Å². The van der Waals surface area contributed by atoms with Crippen LogP contribution in [0.3, 0.4) is 0 Å². The van der Waals surface area contributed by atoms with Gasteiger partial charge in [-0.1, -0.05) is 23.3 Å². The number of imide groups is 4. The molecular weight excluding hydrogens is 547 g/mol. The van der Waals surface area contributed by atoms with Crippen LogP contribution in [0.2, 0.25) is 5.02 Å². The highest BCUT2D eigenvalue weighted by Crippen LogP contribution is 2.63. The van der Waals surface area contributed by atoms with Gasteiger partial charge in [-0.2, -0.15) is 4.90 Å². The number of benzene rings is 1. The number of amides is 5. The van der Waals surface area contributed by atoms with Crippen LogP contribution >= 0.6 is 11.6 Å². The Balaban J connectivity index is 1.50. The Morgan fingerprint density at radius 1 is 1.15 bits per heavy atom. The second kappa shape index (κ2) is 9.10. The van der Waals surface area contributed by atoms with Crippen LogP contribution < -0.4 is 4.90 Å². The molecule has 0 spiro atoms. The second-order valence-electron chi connectivity index (χ2n) is 10.7. The first-order valence-electron chi connectivity index (χ1n) is 12.7. The predicted octanol–water partition coefficient (Wildman–Crippen LogP) is 3.56. The van der Waals surface area contributed by atoms with E-state index in [4.69, 9.17) is 16.0 Å². The SMILES string of the molecule is COC(=O)N1C(=O)[C@H]2[C@H](CC=C3[C@H]2C[C@H]2C(=O)N(c4ccc(F)c(Cl)c4)C(=O)[C@@]2(C)[C@H]3c2ccc(CO)o2)C1=O. The minimum absolute atomic E-state index is 0.0532. The number of hydrogen-bond donors (Lipinski definition) is 1. The number of methoxy groups -OCH3 is 1. The van der Waals surface area contributed by atoms with E-state index in [-0.39, 0.29) is 29.3 Å². The largest absolute Gasteiger partial charge is 0.463 e. The lowest BCUT2D eigenvalue weighted by Crippen LogP contribution is -2.48. The van der Waals surface area contributed by atoms with Gasteiger partial charge in [0.2, 0.25) is 23.6 Å². The lowest BCUT2D eigenvalue weighted by Gasteiger charge is -2.48. The number of allylic oxidation sites excluding steroid dienone is 2. The average molecular weight is 571 g/mol. The van der Waals surface area contributed by atoms with Crippen molar-refractivity contribution in [1.82, 2.24) is 4.90 Å². The number of aliphatic hydroxyl groups excluding tert-OH is 1. The predicted molar refractivity (Wildman–Crippen MR) is 135 cm³/mol. The van der Waals surface area contributed by atoms with Gasteiger partial charge >= 0.3 is 6.09 Å². The van der Waals surface area contributed by atoms with Crippen LogP contribution in [0.5, 0.6) is 0 Å². The highest BCUT2D eigenvalue weighted by Gasteiger charge is 2.68. The summed E-state index contributed by atoms with van der Waals surface area (Å²) < 4.78 is 24.5. The summed E-state index contributed by atoms with van der Waals surface area (Å²) in [6.07, 6.45) is 0.907. The Morgan fingerprint density at radius 3 is 2.55 bits per heavy atom. The van der Waals surface area contributed by atoms with Crippen molar-refractivity contribution in [1.29, 1.82) is 0 Å². The fraction of sp³-hybridized carbons (Fsp3) is 0.393. The first-order chi connectivity index (χ1) is 19.0. The Kier molecular flexibility index (Phi) is 6.01. The van der Waals surface area contributed by atoms with Crippen LogP contribution in [-0.2, 0) is 30.5 Å². The van der Waals surface area contributed by atoms with E-state index >= 15 is 0 Å². The Bertz CT molecular complexity index is 1530. The third-order valence-electron chi connectivity index (χ3n) is 8.92. The zero-order valence-corrected chi connectivity index (χ0v) is 22.2. The number of nitrogens with zero attached hydrogens (tertiary/aromatic N) is 2. The van der Waals surface area contributed by atoms with Crippen LogP contribution in [0.25, 0.3) is 0 Å². The molecule has 5 amide bonds. The van der Waals surface area contributed by atoms with Gasteiger partial charge in [0.05, 0.1) is 46.9 Å². The smallest absolute Gasteiger partial charge is 0.423 e. The standard InChI is InChI=1S/C28H24ClFN2O8/c1-28-17(24(35)31(26(28)37)12-3-7-19(30)18(29)9-12)10-16-14(22(28)20-8-4-13(11-33)40-20)5-6-15-21(16)25(36)32(23(15)34)27(38)39-2/h3-5,7-9,15-17,21-22,33H,6,10-11H2,1-2H3/t15-,16+,17-,21-,22+,28+/m0/s1. The summed E-state index contributed by atoms with van der Waals surface area (Å²) in [4.78, 5) is 68.5. The zero-order valence-electron chi connectivity index (χ0n) is 21.4. The molecule has 3 heterocycles. The van der Waals surface area contributed by atoms with Crippen LogP contribution in [0.4, 0.5) is 14.9 Å². The van der Waals surface area contributed by atoms with E-state index < -0.39 is 77.2 Å². The molecule has 0 bridgehead atoms. The number of anilines is 1. The summed E-state index contributed by atoms with van der Waals surface area (Å²) in [5.41, 5.74) is -0.636. The zero-order chi connectivity index (χ0) is 28.7. The van der Waals surface area contributed by atoms with Gasteiger partial charge in [-0.05, 0) is 56.0 Å². The Morgan fingerprint density at radius 2 is 1.90 bits per heavy atom. The van der Waals surface area contributed by atoms with Crippen molar-refractivity contribution in [2.45, 2.75) is 32.3 Å². The van der Waals surface area contributed by atoms with E-state index in [0.29, 0.717) is 16.2 Å². The third kappa shape index (κ3) is 3.40. The van der Waals surface area contributed by atoms with E-state index in [1.165, 1.54) is 12.1 Å². The Labute approximate surface area is 232 Å². The van der Waals surface area contributed by atoms with Crippen LogP contribution in [-0.4, -0.2) is 46.8 Å². The van der Waals surface area contributed by atoms with Crippen molar-refractivity contribution in [2.24, 2.45) is 29.1 Å². The molecule has 208 valence electrons. The minimum Gasteiger partial charge on any atom is -0.463 e. The number of furan rings is 1. The topological polar surface area (TPSA) is 134 Å². The summed E-state index contributed by atoms with van der Waals surface area (Å²) in [6, 6.07) is 6.74. The van der Waals surface area contributed by atoms with E-state index in [0.717, 1.165) is 18.1 Å². The van der Waals surface area contributed by atoms with E-state index in [1.807, 2.05) is 0 Å². The van der Waals surface area contributed by atoms with E-state index in [1.54, 1.807) is 25.1 Å². The van der Waals surface area contributed by atoms with Crippen molar-refractivity contribution in [3.63, 3.8) is 0 Å². The fourth-order valence-corrected chi connectivity index (χ4v) is 7.27. The summed E-state index contributed by atoms with van der Waals surface area (Å²) in [5, 5.41) is 9.39. The lowest BCUT2D eigenvalue weighted by molar-refractivity contribution is -0.138. The number of likely N-dealkylation sites (tertiary alicyclic amines) is 1. The van der Waals surface area contributed by atoms with Crippen molar-refractivity contribution < 1.29 is 42.6 Å². The quantitative estimate of drug-likeness (QED) is 0.437. The number of rotatable bonds is 3. The molecule has 4 aliphatic rings. The normalized spacial score (nSPS) is 31.2. The molecule has 0 unspecified atom stereocenters. The molecule has 40 heavy (non-hydrogen) atoms. The molecule has 2 aliphatic carbocycles. The lowest BCUT2D eigenvalue weighted by atomic mass is 9.52. The molecule has 2 aromatic rings. The molecule has 1 aromatic carbocycles. The van der Waals surface area contributed by atoms with Crippen LogP contribution in [0.1, 0.15) is 37.2 Å². The van der Waals surface area contributed by atoms with Gasteiger partial charge in [-0.3, -0.25) is 19.2 Å². The van der Waals surface area contributed by atoms with Gasteiger partial charge in [-0.15, -0.1) is 0 Å². The Hall–Kier alpha value is -3.83. The fourth-order valence-electron chi connectivity index (χ4n) is 7.09. The number of fused-ring (bicyclic) bond motifs is 4. The van der Waals surface area contributed by atoms with Gasteiger partial charge in [-0.25, -0.2) is 14.1 Å². The molecule has 2 saturated heterocycles. The first kappa shape index (κ1) is 26.4. The highest BCUT2D eigenvalue weighted by molar-refractivity contribution is 6.31. The summed E-state index contributed by atoms with van der Waals surface area (Å²) in [7, 11) is 1.07. The molecule has 1 N–H and O–H groups in total. The molecule has 1 aromatic heterocycles. The third-order valence-corrected chi connectivity index (χ3v) is 9.21. The highest BCUT2D eigenvalue weighted by atomic mass is 35.5. The molecular formula is C28H24ClFN2O8. The van der Waals surface area contributed by atoms with Crippen molar-refractivity contribution >= 4 is 47.0 Å². The number of carbonyl (C=O) groups is 5. The number of aliphatic hydroxyl groups is 1.